The maximum atomic E-state index is 12.3. The first-order valence-electron chi connectivity index (χ1n) is 6.70. The number of aliphatic carboxylic acids is 1. The molecule has 1 amide bonds. The van der Waals surface area contributed by atoms with Gasteiger partial charge in [0.05, 0.1) is 0 Å². The second-order valence-electron chi connectivity index (χ2n) is 5.28. The first kappa shape index (κ1) is 13.6. The zero-order valence-electron chi connectivity index (χ0n) is 11.2. The molecule has 2 N–H and O–H groups in total. The van der Waals surface area contributed by atoms with Crippen LogP contribution in [0.4, 0.5) is 0 Å². The number of carboxylic acids is 1. The summed E-state index contributed by atoms with van der Waals surface area (Å²) in [5.41, 5.74) is -0.0344. The van der Waals surface area contributed by atoms with Gasteiger partial charge in [-0.15, -0.1) is 0 Å². The third kappa shape index (κ3) is 2.80. The fourth-order valence-electron chi connectivity index (χ4n) is 2.64. The van der Waals surface area contributed by atoms with Crippen molar-refractivity contribution >= 4 is 11.9 Å². The van der Waals surface area contributed by atoms with Gasteiger partial charge in [-0.3, -0.25) is 4.79 Å². The summed E-state index contributed by atoms with van der Waals surface area (Å²) in [5, 5.41) is 9.37. The number of nitrogens with zero attached hydrogens (tertiary/aromatic N) is 1. The number of likely N-dealkylation sites (tertiary alicyclic amines) is 1. The van der Waals surface area contributed by atoms with E-state index in [0.717, 1.165) is 18.5 Å². The number of aryl methyl sites for hydroxylation is 1. The minimum Gasteiger partial charge on any atom is -0.480 e. The lowest BCUT2D eigenvalue weighted by atomic mass is 9.88. The molecule has 5 heteroatoms. The fourth-order valence-corrected chi connectivity index (χ4v) is 2.64. The summed E-state index contributed by atoms with van der Waals surface area (Å²) in [5.74, 6) is -0.973. The summed E-state index contributed by atoms with van der Waals surface area (Å²) >= 11 is 0. The fraction of sp³-hybridized carbons (Fsp3) is 0.571. The Kier molecular flexibility index (Phi) is 3.93. The largest absolute Gasteiger partial charge is 0.480 e. The predicted octanol–water partition coefficient (Wildman–Crippen LogP) is 1.80. The molecular formula is C14H20N2O3. The minimum absolute atomic E-state index is 0.0702. The zero-order valence-corrected chi connectivity index (χ0v) is 11.2. The molecule has 0 spiro atoms. The number of amides is 1. The predicted molar refractivity (Wildman–Crippen MR) is 70.7 cm³/mol. The molecule has 1 unspecified atom stereocenters. The standard InChI is InChI=1S/C14H20N2O3/c1-14(13(18)19)8-2-3-10-16(14)12(17)7-6-11-5-4-9-15-11/h4-5,9,15H,2-3,6-8,10H2,1H3,(H,18,19). The minimum atomic E-state index is -1.04. The molecule has 1 fully saturated rings. The number of hydrogen-bond donors (Lipinski definition) is 2. The molecule has 1 aromatic rings. The van der Waals surface area contributed by atoms with Gasteiger partial charge in [-0.05, 0) is 44.7 Å². The highest BCUT2D eigenvalue weighted by molar-refractivity contribution is 5.87. The Bertz CT molecular complexity index is 455. The maximum Gasteiger partial charge on any atom is 0.329 e. The number of H-pyrrole nitrogens is 1. The molecule has 2 rings (SSSR count). The van der Waals surface area contributed by atoms with Crippen molar-refractivity contribution < 1.29 is 14.7 Å². The Balaban J connectivity index is 2.01. The van der Waals surface area contributed by atoms with Crippen LogP contribution in [0.5, 0.6) is 0 Å². The number of aromatic nitrogens is 1. The van der Waals surface area contributed by atoms with Crippen LogP contribution in [0.3, 0.4) is 0 Å². The molecule has 1 aromatic heterocycles. The van der Waals surface area contributed by atoms with E-state index in [-0.39, 0.29) is 5.91 Å². The van der Waals surface area contributed by atoms with Gasteiger partial charge in [-0.2, -0.15) is 0 Å². The van der Waals surface area contributed by atoms with Crippen molar-refractivity contribution in [2.75, 3.05) is 6.54 Å². The number of nitrogens with one attached hydrogen (secondary N) is 1. The summed E-state index contributed by atoms with van der Waals surface area (Å²) in [6.07, 6.45) is 5.08. The maximum absolute atomic E-state index is 12.3. The van der Waals surface area contributed by atoms with E-state index in [2.05, 4.69) is 4.98 Å². The number of piperidine rings is 1. The normalized spacial score (nSPS) is 23.3. The van der Waals surface area contributed by atoms with E-state index in [1.165, 1.54) is 0 Å². The van der Waals surface area contributed by atoms with Crippen LogP contribution in [0.2, 0.25) is 0 Å². The van der Waals surface area contributed by atoms with E-state index in [9.17, 15) is 14.7 Å². The van der Waals surface area contributed by atoms with Crippen LogP contribution in [-0.4, -0.2) is 39.0 Å². The Hall–Kier alpha value is -1.78. The van der Waals surface area contributed by atoms with Gasteiger partial charge in [0, 0.05) is 24.9 Å². The lowest BCUT2D eigenvalue weighted by molar-refractivity contribution is -0.161. The van der Waals surface area contributed by atoms with E-state index in [4.69, 9.17) is 0 Å². The quantitative estimate of drug-likeness (QED) is 0.871. The molecule has 0 aliphatic carbocycles. The second kappa shape index (κ2) is 5.47. The van der Waals surface area contributed by atoms with Crippen molar-refractivity contribution in [1.82, 2.24) is 9.88 Å². The number of carbonyl (C=O) groups excluding carboxylic acids is 1. The molecule has 0 saturated carbocycles. The summed E-state index contributed by atoms with van der Waals surface area (Å²) in [6.45, 7) is 2.20. The zero-order chi connectivity index (χ0) is 13.9. The molecular weight excluding hydrogens is 244 g/mol. The number of hydrogen-bond acceptors (Lipinski definition) is 2. The summed E-state index contributed by atoms with van der Waals surface area (Å²) < 4.78 is 0. The Labute approximate surface area is 112 Å². The summed E-state index contributed by atoms with van der Waals surface area (Å²) in [7, 11) is 0. The van der Waals surface area contributed by atoms with Gasteiger partial charge in [0.15, 0.2) is 0 Å². The molecule has 1 aliphatic heterocycles. The van der Waals surface area contributed by atoms with Gasteiger partial charge in [-0.25, -0.2) is 4.79 Å². The molecule has 19 heavy (non-hydrogen) atoms. The van der Waals surface area contributed by atoms with E-state index in [1.807, 2.05) is 18.3 Å². The second-order valence-corrected chi connectivity index (χ2v) is 5.28. The van der Waals surface area contributed by atoms with Crippen LogP contribution in [0, 0.1) is 0 Å². The molecule has 2 heterocycles. The number of aromatic amines is 1. The number of rotatable bonds is 4. The lowest BCUT2D eigenvalue weighted by Gasteiger charge is -2.41. The SMILES string of the molecule is CC1(C(=O)O)CCCCN1C(=O)CCc1ccc[nH]1. The Morgan fingerprint density at radius 2 is 2.26 bits per heavy atom. The third-order valence-electron chi connectivity index (χ3n) is 3.92. The molecule has 0 aromatic carbocycles. The van der Waals surface area contributed by atoms with E-state index in [0.29, 0.717) is 25.8 Å². The highest BCUT2D eigenvalue weighted by atomic mass is 16.4. The van der Waals surface area contributed by atoms with Crippen molar-refractivity contribution in [3.63, 3.8) is 0 Å². The number of carboxylic acid groups (broad SMARTS) is 1. The average molecular weight is 264 g/mol. The van der Waals surface area contributed by atoms with Crippen LogP contribution < -0.4 is 0 Å². The first-order valence-corrected chi connectivity index (χ1v) is 6.70. The van der Waals surface area contributed by atoms with Gasteiger partial charge < -0.3 is 15.0 Å². The van der Waals surface area contributed by atoms with Crippen LogP contribution in [-0.2, 0) is 16.0 Å². The van der Waals surface area contributed by atoms with Crippen molar-refractivity contribution in [2.24, 2.45) is 0 Å². The van der Waals surface area contributed by atoms with Crippen LogP contribution in [0.1, 0.15) is 38.3 Å². The average Bonchev–Trinajstić information content (AvgIpc) is 2.89. The summed E-state index contributed by atoms with van der Waals surface area (Å²) in [6, 6.07) is 3.82. The monoisotopic (exact) mass is 264 g/mol. The Morgan fingerprint density at radius 1 is 1.47 bits per heavy atom. The van der Waals surface area contributed by atoms with E-state index < -0.39 is 11.5 Å². The van der Waals surface area contributed by atoms with Gasteiger partial charge in [0.1, 0.15) is 5.54 Å². The van der Waals surface area contributed by atoms with Crippen molar-refractivity contribution in [3.05, 3.63) is 24.0 Å². The molecule has 0 radical (unpaired) electrons. The van der Waals surface area contributed by atoms with Crippen molar-refractivity contribution in [2.45, 2.75) is 44.6 Å². The van der Waals surface area contributed by atoms with Crippen LogP contribution in [0.25, 0.3) is 0 Å². The van der Waals surface area contributed by atoms with Crippen LogP contribution in [0.15, 0.2) is 18.3 Å². The molecule has 104 valence electrons. The molecule has 5 nitrogen and oxygen atoms in total. The topological polar surface area (TPSA) is 73.4 Å². The number of carbonyl (C=O) groups is 2. The molecule has 1 atom stereocenters. The molecule has 1 saturated heterocycles. The molecule has 0 bridgehead atoms. The van der Waals surface area contributed by atoms with E-state index in [1.54, 1.807) is 11.8 Å². The summed E-state index contributed by atoms with van der Waals surface area (Å²) in [4.78, 5) is 28.3. The van der Waals surface area contributed by atoms with Crippen molar-refractivity contribution in [1.29, 1.82) is 0 Å². The highest BCUT2D eigenvalue weighted by Crippen LogP contribution is 2.29. The van der Waals surface area contributed by atoms with E-state index >= 15 is 0 Å². The van der Waals surface area contributed by atoms with Gasteiger partial charge in [-0.1, -0.05) is 0 Å². The van der Waals surface area contributed by atoms with Gasteiger partial charge >= 0.3 is 5.97 Å². The smallest absolute Gasteiger partial charge is 0.329 e. The van der Waals surface area contributed by atoms with Crippen molar-refractivity contribution in [3.8, 4) is 0 Å². The van der Waals surface area contributed by atoms with Gasteiger partial charge in [0.2, 0.25) is 5.91 Å². The highest BCUT2D eigenvalue weighted by Gasteiger charge is 2.43. The van der Waals surface area contributed by atoms with Crippen LogP contribution >= 0.6 is 0 Å². The first-order chi connectivity index (χ1) is 9.04. The third-order valence-corrected chi connectivity index (χ3v) is 3.92. The Morgan fingerprint density at radius 3 is 2.89 bits per heavy atom. The van der Waals surface area contributed by atoms with Gasteiger partial charge in [0.25, 0.3) is 0 Å². The lowest BCUT2D eigenvalue weighted by Crippen LogP contribution is -2.57. The molecule has 1 aliphatic rings.